The van der Waals surface area contributed by atoms with E-state index in [2.05, 4.69) is 10.6 Å². The number of ether oxygens (including phenoxy) is 1. The molecular formula is C14H22N2O3. The Morgan fingerprint density at radius 3 is 2.95 bits per heavy atom. The van der Waals surface area contributed by atoms with Crippen LogP contribution < -0.4 is 10.6 Å². The molecular weight excluding hydrogens is 244 g/mol. The van der Waals surface area contributed by atoms with Crippen LogP contribution in [0.1, 0.15) is 32.4 Å². The predicted octanol–water partition coefficient (Wildman–Crippen LogP) is 2.11. The number of amides is 1. The van der Waals surface area contributed by atoms with Crippen LogP contribution >= 0.6 is 0 Å². The molecule has 2 atom stereocenters. The molecule has 106 valence electrons. The lowest BCUT2D eigenvalue weighted by molar-refractivity contribution is 0.0519. The summed E-state index contributed by atoms with van der Waals surface area (Å²) in [4.78, 5) is 11.6. The topological polar surface area (TPSA) is 63.5 Å². The second kappa shape index (κ2) is 5.65. The van der Waals surface area contributed by atoms with Crippen LogP contribution in [0.2, 0.25) is 0 Å². The van der Waals surface area contributed by atoms with Crippen LogP contribution in [0.4, 0.5) is 4.79 Å². The van der Waals surface area contributed by atoms with Crippen molar-refractivity contribution < 1.29 is 13.9 Å². The molecule has 2 unspecified atom stereocenters. The molecule has 1 aromatic rings. The molecule has 5 nitrogen and oxygen atoms in total. The molecule has 1 amide bonds. The molecule has 1 saturated heterocycles. The summed E-state index contributed by atoms with van der Waals surface area (Å²) in [6, 6.07) is 3.88. The summed E-state index contributed by atoms with van der Waals surface area (Å²) in [5.74, 6) is 1.62. The number of carbonyl (C=O) groups is 1. The highest BCUT2D eigenvalue weighted by Crippen LogP contribution is 2.27. The Labute approximate surface area is 113 Å². The zero-order chi connectivity index (χ0) is 13.9. The van der Waals surface area contributed by atoms with Crippen molar-refractivity contribution in [1.29, 1.82) is 0 Å². The minimum absolute atomic E-state index is 0.310. The number of rotatable bonds is 3. The first-order chi connectivity index (χ1) is 8.96. The SMILES string of the molecule is CC(C)(C)OC(=O)NCC1CNCC1c1ccco1. The Hall–Kier alpha value is -1.49. The van der Waals surface area contributed by atoms with E-state index in [1.807, 2.05) is 32.9 Å². The minimum atomic E-state index is -0.460. The zero-order valence-electron chi connectivity index (χ0n) is 11.7. The first-order valence-corrected chi connectivity index (χ1v) is 6.66. The standard InChI is InChI=1S/C14H22N2O3/c1-14(2,3)19-13(17)16-8-10-7-15-9-11(10)12-5-4-6-18-12/h4-6,10-11,15H,7-9H2,1-3H3,(H,16,17). The number of hydrogen-bond acceptors (Lipinski definition) is 4. The molecule has 1 fully saturated rings. The lowest BCUT2D eigenvalue weighted by Gasteiger charge is -2.22. The van der Waals surface area contributed by atoms with E-state index in [-0.39, 0.29) is 6.09 Å². The van der Waals surface area contributed by atoms with E-state index in [9.17, 15) is 4.79 Å². The monoisotopic (exact) mass is 266 g/mol. The Morgan fingerprint density at radius 1 is 1.53 bits per heavy atom. The third-order valence-electron chi connectivity index (χ3n) is 3.16. The lowest BCUT2D eigenvalue weighted by Crippen LogP contribution is -2.36. The van der Waals surface area contributed by atoms with Crippen molar-refractivity contribution >= 4 is 6.09 Å². The van der Waals surface area contributed by atoms with Gasteiger partial charge < -0.3 is 19.8 Å². The highest BCUT2D eigenvalue weighted by molar-refractivity contribution is 5.67. The quantitative estimate of drug-likeness (QED) is 0.879. The van der Waals surface area contributed by atoms with Gasteiger partial charge in [0, 0.05) is 25.6 Å². The third kappa shape index (κ3) is 3.99. The zero-order valence-corrected chi connectivity index (χ0v) is 11.7. The molecule has 1 aromatic heterocycles. The minimum Gasteiger partial charge on any atom is -0.469 e. The van der Waals surface area contributed by atoms with Crippen LogP contribution in [0, 0.1) is 5.92 Å². The third-order valence-corrected chi connectivity index (χ3v) is 3.16. The number of carbonyl (C=O) groups excluding carboxylic acids is 1. The average Bonchev–Trinajstić information content (AvgIpc) is 2.94. The summed E-state index contributed by atoms with van der Waals surface area (Å²) >= 11 is 0. The summed E-state index contributed by atoms with van der Waals surface area (Å²) < 4.78 is 10.7. The van der Waals surface area contributed by atoms with E-state index in [0.29, 0.717) is 18.4 Å². The summed E-state index contributed by atoms with van der Waals surface area (Å²) in [5, 5.41) is 6.16. The second-order valence-corrected chi connectivity index (χ2v) is 5.92. The number of furan rings is 1. The summed E-state index contributed by atoms with van der Waals surface area (Å²) in [6.45, 7) is 7.92. The summed E-state index contributed by atoms with van der Waals surface area (Å²) in [7, 11) is 0. The van der Waals surface area contributed by atoms with Gasteiger partial charge in [0.2, 0.25) is 0 Å². The molecule has 0 spiro atoms. The predicted molar refractivity (Wildman–Crippen MR) is 72.0 cm³/mol. The van der Waals surface area contributed by atoms with Gasteiger partial charge >= 0.3 is 6.09 Å². The van der Waals surface area contributed by atoms with Gasteiger partial charge in [-0.05, 0) is 38.8 Å². The molecule has 19 heavy (non-hydrogen) atoms. The van der Waals surface area contributed by atoms with Gasteiger partial charge in [-0.25, -0.2) is 4.79 Å². The normalized spacial score (nSPS) is 23.3. The van der Waals surface area contributed by atoms with E-state index in [1.165, 1.54) is 0 Å². The van der Waals surface area contributed by atoms with Crippen LogP contribution in [-0.4, -0.2) is 31.3 Å². The van der Waals surface area contributed by atoms with E-state index in [0.717, 1.165) is 18.8 Å². The van der Waals surface area contributed by atoms with Crippen LogP contribution in [0.15, 0.2) is 22.8 Å². The fourth-order valence-corrected chi connectivity index (χ4v) is 2.31. The Balaban J connectivity index is 1.84. The fourth-order valence-electron chi connectivity index (χ4n) is 2.31. The summed E-state index contributed by atoms with van der Waals surface area (Å²) in [5.41, 5.74) is -0.460. The van der Waals surface area contributed by atoms with Gasteiger partial charge in [0.1, 0.15) is 11.4 Å². The first kappa shape index (κ1) is 13.9. The van der Waals surface area contributed by atoms with Crippen molar-refractivity contribution in [3.63, 3.8) is 0 Å². The van der Waals surface area contributed by atoms with E-state index >= 15 is 0 Å². The maximum absolute atomic E-state index is 11.6. The first-order valence-electron chi connectivity index (χ1n) is 6.66. The largest absolute Gasteiger partial charge is 0.469 e. The number of hydrogen-bond donors (Lipinski definition) is 2. The highest BCUT2D eigenvalue weighted by atomic mass is 16.6. The van der Waals surface area contributed by atoms with Crippen molar-refractivity contribution in [1.82, 2.24) is 10.6 Å². The van der Waals surface area contributed by atoms with Crippen LogP contribution in [0.5, 0.6) is 0 Å². The molecule has 0 saturated carbocycles. The van der Waals surface area contributed by atoms with Gasteiger partial charge in [0.05, 0.1) is 6.26 Å². The lowest BCUT2D eigenvalue weighted by atomic mass is 9.94. The van der Waals surface area contributed by atoms with E-state index in [4.69, 9.17) is 9.15 Å². The molecule has 0 bridgehead atoms. The maximum Gasteiger partial charge on any atom is 0.407 e. The van der Waals surface area contributed by atoms with Gasteiger partial charge in [0.15, 0.2) is 0 Å². The van der Waals surface area contributed by atoms with Crippen molar-refractivity contribution in [2.24, 2.45) is 5.92 Å². The van der Waals surface area contributed by atoms with Crippen molar-refractivity contribution in [3.8, 4) is 0 Å². The van der Waals surface area contributed by atoms with Crippen LogP contribution in [-0.2, 0) is 4.74 Å². The smallest absolute Gasteiger partial charge is 0.407 e. The van der Waals surface area contributed by atoms with Gasteiger partial charge in [0.25, 0.3) is 0 Å². The molecule has 1 aliphatic rings. The van der Waals surface area contributed by atoms with Gasteiger partial charge in [-0.3, -0.25) is 0 Å². The Morgan fingerprint density at radius 2 is 2.32 bits per heavy atom. The molecule has 2 rings (SSSR count). The summed E-state index contributed by atoms with van der Waals surface area (Å²) in [6.07, 6.45) is 1.32. The van der Waals surface area contributed by atoms with Crippen molar-refractivity contribution in [3.05, 3.63) is 24.2 Å². The number of alkyl carbamates (subject to hydrolysis) is 1. The van der Waals surface area contributed by atoms with Gasteiger partial charge in [-0.2, -0.15) is 0 Å². The molecule has 0 aliphatic carbocycles. The molecule has 1 aliphatic heterocycles. The second-order valence-electron chi connectivity index (χ2n) is 5.92. The van der Waals surface area contributed by atoms with Gasteiger partial charge in [-0.1, -0.05) is 0 Å². The molecule has 0 aromatic carbocycles. The molecule has 2 N–H and O–H groups in total. The fraction of sp³-hybridized carbons (Fsp3) is 0.643. The highest BCUT2D eigenvalue weighted by Gasteiger charge is 2.31. The number of nitrogens with one attached hydrogen (secondary N) is 2. The molecule has 5 heteroatoms. The van der Waals surface area contributed by atoms with E-state index in [1.54, 1.807) is 6.26 Å². The Kier molecular flexibility index (Phi) is 4.14. The molecule has 2 heterocycles. The van der Waals surface area contributed by atoms with Crippen LogP contribution in [0.3, 0.4) is 0 Å². The van der Waals surface area contributed by atoms with Crippen molar-refractivity contribution in [2.45, 2.75) is 32.3 Å². The van der Waals surface area contributed by atoms with Crippen molar-refractivity contribution in [2.75, 3.05) is 19.6 Å². The van der Waals surface area contributed by atoms with Crippen LogP contribution in [0.25, 0.3) is 0 Å². The van der Waals surface area contributed by atoms with Gasteiger partial charge in [-0.15, -0.1) is 0 Å². The van der Waals surface area contributed by atoms with E-state index < -0.39 is 5.60 Å². The molecule has 0 radical (unpaired) electrons. The Bertz CT molecular complexity index is 409. The average molecular weight is 266 g/mol. The maximum atomic E-state index is 11.6.